The van der Waals surface area contributed by atoms with Gasteiger partial charge in [-0.05, 0) is 45.7 Å². The first-order valence-corrected chi connectivity index (χ1v) is 11.8. The van der Waals surface area contributed by atoms with Crippen molar-refractivity contribution in [1.29, 1.82) is 0 Å². The van der Waals surface area contributed by atoms with Gasteiger partial charge in [0, 0.05) is 58.5 Å². The van der Waals surface area contributed by atoms with Crippen LogP contribution < -0.4 is 5.32 Å². The minimum atomic E-state index is -0.220. The molecule has 8 heteroatoms. The molecule has 1 aromatic rings. The molecule has 3 rings (SSSR count). The zero-order valence-corrected chi connectivity index (χ0v) is 22.2. The van der Waals surface area contributed by atoms with E-state index >= 15 is 0 Å². The summed E-state index contributed by atoms with van der Waals surface area (Å²) in [7, 11) is 2.18. The van der Waals surface area contributed by atoms with E-state index in [-0.39, 0.29) is 36.0 Å². The summed E-state index contributed by atoms with van der Waals surface area (Å²) in [5.41, 5.74) is 1.34. The average Bonchev–Trinajstić information content (AvgIpc) is 3.34. The highest BCUT2D eigenvalue weighted by Crippen LogP contribution is 2.16. The number of rotatable bonds is 8. The molecular formula is C24H40IN5O2. The third-order valence-corrected chi connectivity index (χ3v) is 6.27. The smallest absolute Gasteiger partial charge is 0.251 e. The van der Waals surface area contributed by atoms with Crippen molar-refractivity contribution < 1.29 is 9.53 Å². The number of nitrogens with one attached hydrogen (secondary N) is 1. The van der Waals surface area contributed by atoms with Gasteiger partial charge in [0.15, 0.2) is 5.96 Å². The van der Waals surface area contributed by atoms with E-state index in [1.807, 2.05) is 4.90 Å². The Morgan fingerprint density at radius 2 is 1.91 bits per heavy atom. The van der Waals surface area contributed by atoms with Gasteiger partial charge in [-0.2, -0.15) is 0 Å². The minimum absolute atomic E-state index is 0. The predicted octanol–water partition coefficient (Wildman–Crippen LogP) is 2.80. The zero-order chi connectivity index (χ0) is 22.1. The summed E-state index contributed by atoms with van der Waals surface area (Å²) in [4.78, 5) is 24.1. The molecule has 0 aromatic heterocycles. The van der Waals surface area contributed by atoms with Gasteiger partial charge in [-0.25, -0.2) is 0 Å². The Labute approximate surface area is 210 Å². The van der Waals surface area contributed by atoms with Gasteiger partial charge in [-0.1, -0.05) is 30.3 Å². The van der Waals surface area contributed by atoms with Crippen LogP contribution in [0, 0.1) is 0 Å². The van der Waals surface area contributed by atoms with Gasteiger partial charge in [0.2, 0.25) is 0 Å². The van der Waals surface area contributed by atoms with Gasteiger partial charge in [0.05, 0.1) is 0 Å². The van der Waals surface area contributed by atoms with Gasteiger partial charge >= 0.3 is 0 Å². The van der Waals surface area contributed by atoms with Crippen LogP contribution in [0.25, 0.3) is 0 Å². The van der Waals surface area contributed by atoms with Gasteiger partial charge < -0.3 is 19.9 Å². The van der Waals surface area contributed by atoms with Crippen molar-refractivity contribution in [3.8, 4) is 0 Å². The fraction of sp³-hybridized carbons (Fsp3) is 0.667. The van der Waals surface area contributed by atoms with Crippen molar-refractivity contribution in [2.75, 3.05) is 52.9 Å². The summed E-state index contributed by atoms with van der Waals surface area (Å²) in [5, 5.41) is 3.43. The molecule has 2 unspecified atom stereocenters. The lowest BCUT2D eigenvalue weighted by atomic mass is 10.1. The molecule has 2 aliphatic rings. The lowest BCUT2D eigenvalue weighted by molar-refractivity contribution is -0.142. The second-order valence-corrected chi connectivity index (χ2v) is 8.59. The minimum Gasteiger partial charge on any atom is -0.368 e. The molecule has 32 heavy (non-hydrogen) atoms. The molecule has 0 saturated carbocycles. The monoisotopic (exact) mass is 557 g/mol. The maximum absolute atomic E-state index is 12.6. The van der Waals surface area contributed by atoms with E-state index in [9.17, 15) is 4.79 Å². The third-order valence-electron chi connectivity index (χ3n) is 6.27. The van der Waals surface area contributed by atoms with Crippen LogP contribution >= 0.6 is 24.0 Å². The number of benzene rings is 1. The summed E-state index contributed by atoms with van der Waals surface area (Å²) >= 11 is 0. The number of piperazine rings is 1. The Bertz CT molecular complexity index is 704. The Morgan fingerprint density at radius 1 is 1.22 bits per heavy atom. The van der Waals surface area contributed by atoms with Crippen LogP contribution in [-0.4, -0.2) is 91.6 Å². The van der Waals surface area contributed by atoms with Crippen LogP contribution in [0.1, 0.15) is 38.7 Å². The maximum atomic E-state index is 12.6. The lowest BCUT2D eigenvalue weighted by Crippen LogP contribution is -2.55. The summed E-state index contributed by atoms with van der Waals surface area (Å²) < 4.78 is 5.57. The summed E-state index contributed by atoms with van der Waals surface area (Å²) in [6.07, 6.45) is 2.64. The standard InChI is InChI=1S/C24H39N5O2.HI/c1-4-25-24(26-13-12-20(2)27(3)19-21-9-6-5-7-10-21)29-16-14-28(15-17-29)23(30)22-11-8-18-31-22;/h5-7,9-10,20,22H,4,8,11-19H2,1-3H3,(H,25,26);1H. The van der Waals surface area contributed by atoms with E-state index in [0.29, 0.717) is 12.6 Å². The average molecular weight is 558 g/mol. The highest BCUT2D eigenvalue weighted by atomic mass is 127. The van der Waals surface area contributed by atoms with Crippen molar-refractivity contribution >= 4 is 35.8 Å². The van der Waals surface area contributed by atoms with Gasteiger partial charge in [-0.15, -0.1) is 24.0 Å². The highest BCUT2D eigenvalue weighted by molar-refractivity contribution is 14.0. The Morgan fingerprint density at radius 3 is 2.53 bits per heavy atom. The normalized spacial score (nSPS) is 20.2. The van der Waals surface area contributed by atoms with Crippen LogP contribution in [0.4, 0.5) is 0 Å². The van der Waals surface area contributed by atoms with E-state index < -0.39 is 0 Å². The maximum Gasteiger partial charge on any atom is 0.251 e. The molecule has 2 atom stereocenters. The predicted molar refractivity (Wildman–Crippen MR) is 141 cm³/mol. The lowest BCUT2D eigenvalue weighted by Gasteiger charge is -2.37. The SMILES string of the molecule is CCNC(=NCCC(C)N(C)Cc1ccccc1)N1CCN(C(=O)C2CCCO2)CC1.I. The molecule has 0 bridgehead atoms. The van der Waals surface area contributed by atoms with Crippen LogP contribution in [-0.2, 0) is 16.1 Å². The molecule has 1 N–H and O–H groups in total. The Balaban J connectivity index is 0.00000363. The van der Waals surface area contributed by atoms with Crippen molar-refractivity contribution in [3.05, 3.63) is 35.9 Å². The first-order chi connectivity index (χ1) is 15.1. The number of ether oxygens (including phenoxy) is 1. The fourth-order valence-corrected chi connectivity index (χ4v) is 4.15. The third kappa shape index (κ3) is 7.88. The van der Waals surface area contributed by atoms with Gasteiger partial charge in [0.1, 0.15) is 6.10 Å². The Hall–Kier alpha value is -1.39. The van der Waals surface area contributed by atoms with Crippen molar-refractivity contribution in [3.63, 3.8) is 0 Å². The molecule has 0 radical (unpaired) electrons. The van der Waals surface area contributed by atoms with E-state index in [0.717, 1.165) is 71.0 Å². The van der Waals surface area contributed by atoms with Crippen molar-refractivity contribution in [2.24, 2.45) is 4.99 Å². The number of nitrogens with zero attached hydrogens (tertiary/aromatic N) is 4. The molecule has 0 spiro atoms. The molecule has 7 nitrogen and oxygen atoms in total. The topological polar surface area (TPSA) is 60.4 Å². The number of halogens is 1. The summed E-state index contributed by atoms with van der Waals surface area (Å²) in [6.45, 7) is 10.8. The van der Waals surface area contributed by atoms with Crippen LogP contribution in [0.15, 0.2) is 35.3 Å². The first-order valence-electron chi connectivity index (χ1n) is 11.8. The molecule has 2 saturated heterocycles. The molecule has 2 fully saturated rings. The van der Waals surface area contributed by atoms with Gasteiger partial charge in [-0.3, -0.25) is 14.7 Å². The molecule has 0 aliphatic carbocycles. The summed E-state index contributed by atoms with van der Waals surface area (Å²) in [6, 6.07) is 11.0. The summed E-state index contributed by atoms with van der Waals surface area (Å²) in [5.74, 6) is 1.12. The quantitative estimate of drug-likeness (QED) is 0.303. The highest BCUT2D eigenvalue weighted by Gasteiger charge is 2.30. The first kappa shape index (κ1) is 26.9. The second-order valence-electron chi connectivity index (χ2n) is 8.59. The molecule has 2 heterocycles. The van der Waals surface area contributed by atoms with Gasteiger partial charge in [0.25, 0.3) is 5.91 Å². The second kappa shape index (κ2) is 14.0. The van der Waals surface area contributed by atoms with E-state index in [2.05, 4.69) is 66.3 Å². The number of carbonyl (C=O) groups is 1. The molecule has 2 aliphatic heterocycles. The van der Waals surface area contributed by atoms with E-state index in [1.54, 1.807) is 0 Å². The number of hydrogen-bond acceptors (Lipinski definition) is 4. The van der Waals surface area contributed by atoms with Crippen LogP contribution in [0.3, 0.4) is 0 Å². The van der Waals surface area contributed by atoms with Crippen LogP contribution in [0.2, 0.25) is 0 Å². The molecule has 1 aromatic carbocycles. The molecular weight excluding hydrogens is 517 g/mol. The van der Waals surface area contributed by atoms with Crippen molar-refractivity contribution in [2.45, 2.75) is 51.8 Å². The Kier molecular flexibility index (Phi) is 11.7. The zero-order valence-electron chi connectivity index (χ0n) is 19.8. The largest absolute Gasteiger partial charge is 0.368 e. The number of hydrogen-bond donors (Lipinski definition) is 1. The van der Waals surface area contributed by atoms with Crippen LogP contribution in [0.5, 0.6) is 0 Å². The number of aliphatic imine (C=N–C) groups is 1. The molecule has 180 valence electrons. The van der Waals surface area contributed by atoms with E-state index in [1.165, 1.54) is 5.56 Å². The number of amides is 1. The number of carbonyl (C=O) groups excluding carboxylic acids is 1. The fourth-order valence-electron chi connectivity index (χ4n) is 4.15. The van der Waals surface area contributed by atoms with Crippen molar-refractivity contribution in [1.82, 2.24) is 20.0 Å². The molecule has 1 amide bonds. The number of guanidine groups is 1. The van der Waals surface area contributed by atoms with E-state index in [4.69, 9.17) is 9.73 Å².